The van der Waals surface area contributed by atoms with Crippen LogP contribution in [0.4, 0.5) is 5.69 Å². The molecule has 1 aliphatic carbocycles. The molecule has 3 nitrogen and oxygen atoms in total. The lowest BCUT2D eigenvalue weighted by Gasteiger charge is -2.14. The molecular weight excluding hydrogens is 266 g/mol. The van der Waals surface area contributed by atoms with Crippen molar-refractivity contribution in [2.75, 3.05) is 19.0 Å². The lowest BCUT2D eigenvalue weighted by molar-refractivity contribution is 0.917. The molecule has 2 aromatic heterocycles. The Hall–Kier alpha value is -1.03. The Balaban J connectivity index is 2.30. The van der Waals surface area contributed by atoms with Crippen LogP contribution in [-0.4, -0.2) is 23.5 Å². The normalized spacial score (nSPS) is 15.7. The molecule has 2 heterocycles. The Bertz CT molecular complexity index is 540. The number of nitrogens with zero attached hydrogens (tertiary/aromatic N) is 3. The highest BCUT2D eigenvalue weighted by Crippen LogP contribution is 2.41. The molecule has 0 bridgehead atoms. The van der Waals surface area contributed by atoms with E-state index >= 15 is 0 Å². The van der Waals surface area contributed by atoms with Crippen molar-refractivity contribution >= 4 is 27.1 Å². The van der Waals surface area contributed by atoms with Crippen molar-refractivity contribution in [1.82, 2.24) is 9.38 Å². The summed E-state index contributed by atoms with van der Waals surface area (Å²) in [6.07, 6.45) is 4.66. The molecule has 84 valence electrons. The Kier molecular flexibility index (Phi) is 2.21. The van der Waals surface area contributed by atoms with Gasteiger partial charge in [-0.1, -0.05) is 0 Å². The lowest BCUT2D eigenvalue weighted by atomic mass is 10.3. The second kappa shape index (κ2) is 3.48. The first kappa shape index (κ1) is 10.1. The summed E-state index contributed by atoms with van der Waals surface area (Å²) in [6, 6.07) is 4.21. The summed E-state index contributed by atoms with van der Waals surface area (Å²) in [5, 5.41) is 0. The predicted molar refractivity (Wildman–Crippen MR) is 69.2 cm³/mol. The van der Waals surface area contributed by atoms with Gasteiger partial charge in [0.05, 0.1) is 5.69 Å². The van der Waals surface area contributed by atoms with Gasteiger partial charge >= 0.3 is 0 Å². The first-order valence-electron chi connectivity index (χ1n) is 5.52. The fraction of sp³-hybridized carbons (Fsp3) is 0.417. The molecule has 0 saturated heterocycles. The van der Waals surface area contributed by atoms with Crippen molar-refractivity contribution in [3.05, 3.63) is 28.8 Å². The van der Waals surface area contributed by atoms with Gasteiger partial charge in [0.25, 0.3) is 0 Å². The SMILES string of the molecule is CN(C)c1cccn2c(C3CC3)nc(Br)c12. The van der Waals surface area contributed by atoms with Crippen molar-refractivity contribution in [2.24, 2.45) is 0 Å². The van der Waals surface area contributed by atoms with Gasteiger partial charge in [-0.3, -0.25) is 0 Å². The molecule has 0 amide bonds. The number of anilines is 1. The van der Waals surface area contributed by atoms with Crippen LogP contribution in [0.3, 0.4) is 0 Å². The molecule has 16 heavy (non-hydrogen) atoms. The highest BCUT2D eigenvalue weighted by atomic mass is 79.9. The summed E-state index contributed by atoms with van der Waals surface area (Å²) < 4.78 is 3.18. The van der Waals surface area contributed by atoms with Crippen molar-refractivity contribution in [3.8, 4) is 0 Å². The number of pyridine rings is 1. The maximum atomic E-state index is 4.65. The van der Waals surface area contributed by atoms with E-state index in [1.807, 2.05) is 0 Å². The molecule has 2 aromatic rings. The van der Waals surface area contributed by atoms with Crippen LogP contribution >= 0.6 is 15.9 Å². The molecule has 4 heteroatoms. The second-order valence-electron chi connectivity index (χ2n) is 4.54. The molecular formula is C12H14BrN3. The van der Waals surface area contributed by atoms with Crippen LogP contribution < -0.4 is 4.90 Å². The fourth-order valence-electron chi connectivity index (χ4n) is 2.09. The zero-order valence-electron chi connectivity index (χ0n) is 9.44. The minimum Gasteiger partial charge on any atom is -0.376 e. The molecule has 1 aliphatic rings. The molecule has 0 aliphatic heterocycles. The van der Waals surface area contributed by atoms with Crippen LogP contribution in [0.15, 0.2) is 22.9 Å². The average molecular weight is 280 g/mol. The van der Waals surface area contributed by atoms with Gasteiger partial charge in [-0.2, -0.15) is 0 Å². The van der Waals surface area contributed by atoms with Crippen molar-refractivity contribution in [3.63, 3.8) is 0 Å². The molecule has 0 unspecified atom stereocenters. The maximum absolute atomic E-state index is 4.65. The van der Waals surface area contributed by atoms with Crippen LogP contribution in [-0.2, 0) is 0 Å². The number of halogens is 1. The van der Waals surface area contributed by atoms with E-state index in [0.717, 1.165) is 4.60 Å². The number of rotatable bonds is 2. The smallest absolute Gasteiger partial charge is 0.134 e. The molecule has 0 atom stereocenters. The van der Waals surface area contributed by atoms with Crippen molar-refractivity contribution in [2.45, 2.75) is 18.8 Å². The molecule has 3 rings (SSSR count). The highest BCUT2D eigenvalue weighted by molar-refractivity contribution is 9.10. The third-order valence-corrected chi connectivity index (χ3v) is 3.60. The monoisotopic (exact) mass is 279 g/mol. The van der Waals surface area contributed by atoms with Crippen LogP contribution in [0.1, 0.15) is 24.6 Å². The Labute approximate surface area is 103 Å². The van der Waals surface area contributed by atoms with Gasteiger partial charge in [-0.05, 0) is 40.9 Å². The van der Waals surface area contributed by atoms with Crippen LogP contribution in [0, 0.1) is 0 Å². The Morgan fingerprint density at radius 3 is 2.81 bits per heavy atom. The fourth-order valence-corrected chi connectivity index (χ4v) is 2.67. The number of aromatic nitrogens is 2. The van der Waals surface area contributed by atoms with E-state index in [4.69, 9.17) is 0 Å². The molecule has 0 radical (unpaired) electrons. The molecule has 1 saturated carbocycles. The van der Waals surface area contributed by atoms with E-state index in [1.54, 1.807) is 0 Å². The molecule has 1 fully saturated rings. The first-order chi connectivity index (χ1) is 7.68. The Morgan fingerprint density at radius 2 is 2.19 bits per heavy atom. The Morgan fingerprint density at radius 1 is 1.44 bits per heavy atom. The third kappa shape index (κ3) is 1.44. The summed E-state index contributed by atoms with van der Waals surface area (Å²) in [5.41, 5.74) is 2.38. The van der Waals surface area contributed by atoms with Gasteiger partial charge in [0.15, 0.2) is 0 Å². The largest absolute Gasteiger partial charge is 0.376 e. The van der Waals surface area contributed by atoms with E-state index in [2.05, 4.69) is 62.6 Å². The first-order valence-corrected chi connectivity index (χ1v) is 6.31. The summed E-state index contributed by atoms with van der Waals surface area (Å²) in [7, 11) is 4.12. The van der Waals surface area contributed by atoms with Gasteiger partial charge in [-0.15, -0.1) is 0 Å². The topological polar surface area (TPSA) is 20.5 Å². The highest BCUT2D eigenvalue weighted by Gasteiger charge is 2.29. The van der Waals surface area contributed by atoms with E-state index in [9.17, 15) is 0 Å². The summed E-state index contributed by atoms with van der Waals surface area (Å²) in [5.74, 6) is 1.86. The van der Waals surface area contributed by atoms with Gasteiger partial charge in [0.2, 0.25) is 0 Å². The van der Waals surface area contributed by atoms with Gasteiger partial charge in [0.1, 0.15) is 15.9 Å². The van der Waals surface area contributed by atoms with E-state index in [1.165, 1.54) is 29.9 Å². The maximum Gasteiger partial charge on any atom is 0.134 e. The second-order valence-corrected chi connectivity index (χ2v) is 5.29. The van der Waals surface area contributed by atoms with Gasteiger partial charge < -0.3 is 9.30 Å². The average Bonchev–Trinajstić information content (AvgIpc) is 3.04. The summed E-state index contributed by atoms with van der Waals surface area (Å²) >= 11 is 3.57. The van der Waals surface area contributed by atoms with Gasteiger partial charge in [0, 0.05) is 26.2 Å². The standard InChI is InChI=1S/C12H14BrN3/c1-15(2)9-4-3-7-16-10(9)11(13)14-12(16)8-5-6-8/h3-4,7-8H,5-6H2,1-2H3. The van der Waals surface area contributed by atoms with E-state index < -0.39 is 0 Å². The molecule has 0 N–H and O–H groups in total. The molecule has 0 spiro atoms. The van der Waals surface area contributed by atoms with Crippen LogP contribution in [0.2, 0.25) is 0 Å². The minimum atomic E-state index is 0.663. The van der Waals surface area contributed by atoms with Crippen LogP contribution in [0.25, 0.3) is 5.52 Å². The number of hydrogen-bond acceptors (Lipinski definition) is 2. The number of imidazole rings is 1. The number of fused-ring (bicyclic) bond motifs is 1. The molecule has 0 aromatic carbocycles. The van der Waals surface area contributed by atoms with E-state index in [-0.39, 0.29) is 0 Å². The predicted octanol–water partition coefficient (Wildman–Crippen LogP) is 3.04. The summed E-state index contributed by atoms with van der Waals surface area (Å²) in [6.45, 7) is 0. The lowest BCUT2D eigenvalue weighted by Crippen LogP contribution is -2.10. The van der Waals surface area contributed by atoms with Crippen molar-refractivity contribution in [1.29, 1.82) is 0 Å². The van der Waals surface area contributed by atoms with E-state index in [0.29, 0.717) is 5.92 Å². The van der Waals surface area contributed by atoms with Crippen LogP contribution in [0.5, 0.6) is 0 Å². The zero-order valence-corrected chi connectivity index (χ0v) is 11.0. The van der Waals surface area contributed by atoms with Gasteiger partial charge in [-0.25, -0.2) is 4.98 Å². The zero-order chi connectivity index (χ0) is 11.3. The quantitative estimate of drug-likeness (QED) is 0.842. The third-order valence-electron chi connectivity index (χ3n) is 3.05. The summed E-state index contributed by atoms with van der Waals surface area (Å²) in [4.78, 5) is 6.77. The number of hydrogen-bond donors (Lipinski definition) is 0. The van der Waals surface area contributed by atoms with Crippen molar-refractivity contribution < 1.29 is 0 Å². The minimum absolute atomic E-state index is 0.663.